The van der Waals surface area contributed by atoms with Crippen molar-refractivity contribution in [2.24, 2.45) is 5.73 Å². The molecule has 1 aromatic heterocycles. The van der Waals surface area contributed by atoms with Crippen molar-refractivity contribution in [2.75, 3.05) is 13.1 Å². The molecule has 0 unspecified atom stereocenters. The molecule has 0 bridgehead atoms. The molecule has 29 heavy (non-hydrogen) atoms. The highest BCUT2D eigenvalue weighted by Gasteiger charge is 2.19. The van der Waals surface area contributed by atoms with Crippen molar-refractivity contribution in [3.05, 3.63) is 89.9 Å². The van der Waals surface area contributed by atoms with Gasteiger partial charge in [-0.25, -0.2) is 0 Å². The Morgan fingerprint density at radius 3 is 2.52 bits per heavy atom. The van der Waals surface area contributed by atoms with Crippen molar-refractivity contribution in [1.29, 1.82) is 5.41 Å². The van der Waals surface area contributed by atoms with Gasteiger partial charge in [-0.05, 0) is 35.8 Å². The molecule has 0 fully saturated rings. The number of benzene rings is 2. The highest BCUT2D eigenvalue weighted by Crippen LogP contribution is 2.24. The van der Waals surface area contributed by atoms with Crippen LogP contribution < -0.4 is 5.73 Å². The van der Waals surface area contributed by atoms with Gasteiger partial charge in [0, 0.05) is 42.2 Å². The maximum atomic E-state index is 12.9. The standard InChI is InChI=1S/C23H21N5O/c24-22(25)20-3-1-2-19(14-20)16-8-12-28(13-9-16)23(29)18-6-4-17(5-7-18)21-15-26-10-11-27-21/h1-8,10-11,14-15H,9,12-13H2,(H3,24,25). The summed E-state index contributed by atoms with van der Waals surface area (Å²) >= 11 is 0. The molecule has 0 spiro atoms. The van der Waals surface area contributed by atoms with Gasteiger partial charge in [-0.3, -0.25) is 20.2 Å². The molecule has 6 nitrogen and oxygen atoms in total. The van der Waals surface area contributed by atoms with Crippen LogP contribution in [0.25, 0.3) is 16.8 Å². The SMILES string of the molecule is N=C(N)c1cccc(C2=CCN(C(=O)c3ccc(-c4cnccn4)cc3)CC2)c1. The Morgan fingerprint density at radius 2 is 1.86 bits per heavy atom. The Hall–Kier alpha value is -3.80. The maximum absolute atomic E-state index is 12.9. The number of hydrogen-bond acceptors (Lipinski definition) is 4. The topological polar surface area (TPSA) is 96.0 Å². The average molecular weight is 383 g/mol. The number of amidine groups is 1. The Bertz CT molecular complexity index is 1070. The fourth-order valence-electron chi connectivity index (χ4n) is 3.42. The van der Waals surface area contributed by atoms with Crippen LogP contribution >= 0.6 is 0 Å². The quantitative estimate of drug-likeness (QED) is 0.533. The highest BCUT2D eigenvalue weighted by molar-refractivity contribution is 5.96. The van der Waals surface area contributed by atoms with Gasteiger partial charge >= 0.3 is 0 Å². The highest BCUT2D eigenvalue weighted by atomic mass is 16.2. The third kappa shape index (κ3) is 4.06. The van der Waals surface area contributed by atoms with E-state index in [2.05, 4.69) is 16.0 Å². The summed E-state index contributed by atoms with van der Waals surface area (Å²) in [7, 11) is 0. The average Bonchev–Trinajstić information content (AvgIpc) is 2.79. The van der Waals surface area contributed by atoms with Crippen molar-refractivity contribution < 1.29 is 4.79 Å². The molecular formula is C23H21N5O. The number of hydrogen-bond donors (Lipinski definition) is 2. The summed E-state index contributed by atoms with van der Waals surface area (Å²) in [5, 5.41) is 7.60. The first-order valence-corrected chi connectivity index (χ1v) is 9.41. The molecule has 2 heterocycles. The van der Waals surface area contributed by atoms with Crippen molar-refractivity contribution in [1.82, 2.24) is 14.9 Å². The van der Waals surface area contributed by atoms with Crippen LogP contribution in [0, 0.1) is 5.41 Å². The first-order chi connectivity index (χ1) is 14.1. The molecule has 6 heteroatoms. The minimum atomic E-state index is 0.0171. The first kappa shape index (κ1) is 18.6. The van der Waals surface area contributed by atoms with Crippen LogP contribution in [-0.2, 0) is 0 Å². The minimum Gasteiger partial charge on any atom is -0.384 e. The number of nitrogens with one attached hydrogen (secondary N) is 1. The van der Waals surface area contributed by atoms with Gasteiger partial charge in [0.2, 0.25) is 0 Å². The molecule has 3 aromatic rings. The van der Waals surface area contributed by atoms with Crippen LogP contribution in [0.1, 0.15) is 27.9 Å². The fraction of sp³-hybridized carbons (Fsp3) is 0.130. The van der Waals surface area contributed by atoms with E-state index in [-0.39, 0.29) is 11.7 Å². The van der Waals surface area contributed by atoms with Crippen molar-refractivity contribution in [3.63, 3.8) is 0 Å². The van der Waals surface area contributed by atoms with Gasteiger partial charge in [0.05, 0.1) is 11.9 Å². The van der Waals surface area contributed by atoms with E-state index in [9.17, 15) is 4.79 Å². The van der Waals surface area contributed by atoms with E-state index >= 15 is 0 Å². The van der Waals surface area contributed by atoms with E-state index in [1.165, 1.54) is 5.57 Å². The summed E-state index contributed by atoms with van der Waals surface area (Å²) in [6, 6.07) is 15.1. The number of nitrogens with two attached hydrogens (primary N) is 1. The summed E-state index contributed by atoms with van der Waals surface area (Å²) in [4.78, 5) is 23.1. The largest absolute Gasteiger partial charge is 0.384 e. The number of carbonyl (C=O) groups excluding carboxylic acids is 1. The first-order valence-electron chi connectivity index (χ1n) is 9.41. The molecule has 0 saturated heterocycles. The van der Waals surface area contributed by atoms with Crippen LogP contribution in [0.4, 0.5) is 0 Å². The van der Waals surface area contributed by atoms with Crippen molar-refractivity contribution in [3.8, 4) is 11.3 Å². The molecule has 4 rings (SSSR count). The summed E-state index contributed by atoms with van der Waals surface area (Å²) in [5.41, 5.74) is 10.9. The molecule has 0 aliphatic carbocycles. The second-order valence-electron chi connectivity index (χ2n) is 6.89. The van der Waals surface area contributed by atoms with Gasteiger partial charge in [-0.2, -0.15) is 0 Å². The molecule has 2 aromatic carbocycles. The molecule has 1 amide bonds. The summed E-state index contributed by atoms with van der Waals surface area (Å²) in [6.07, 6.45) is 7.84. The lowest BCUT2D eigenvalue weighted by Gasteiger charge is -2.27. The Kier molecular flexibility index (Phi) is 5.16. The van der Waals surface area contributed by atoms with E-state index in [0.717, 1.165) is 23.2 Å². The van der Waals surface area contributed by atoms with Crippen LogP contribution in [0.15, 0.2) is 73.2 Å². The third-order valence-electron chi connectivity index (χ3n) is 5.03. The van der Waals surface area contributed by atoms with Gasteiger partial charge in [-0.1, -0.05) is 36.4 Å². The van der Waals surface area contributed by atoms with Crippen LogP contribution in [-0.4, -0.2) is 39.7 Å². The van der Waals surface area contributed by atoms with E-state index < -0.39 is 0 Å². The van der Waals surface area contributed by atoms with Gasteiger partial charge in [0.15, 0.2) is 0 Å². The van der Waals surface area contributed by atoms with Gasteiger partial charge in [0.1, 0.15) is 5.84 Å². The number of carbonyl (C=O) groups is 1. The number of aromatic nitrogens is 2. The molecule has 144 valence electrons. The number of rotatable bonds is 4. The predicted molar refractivity (Wildman–Crippen MR) is 113 cm³/mol. The molecule has 1 aliphatic heterocycles. The van der Waals surface area contributed by atoms with Gasteiger partial charge in [0.25, 0.3) is 5.91 Å². The normalized spacial score (nSPS) is 13.7. The van der Waals surface area contributed by atoms with Crippen LogP contribution in [0.5, 0.6) is 0 Å². The number of nitrogen functional groups attached to an aromatic ring is 1. The van der Waals surface area contributed by atoms with E-state index in [1.807, 2.05) is 53.4 Å². The monoisotopic (exact) mass is 383 g/mol. The van der Waals surface area contributed by atoms with Crippen LogP contribution in [0.2, 0.25) is 0 Å². The third-order valence-corrected chi connectivity index (χ3v) is 5.03. The molecule has 0 saturated carbocycles. The lowest BCUT2D eigenvalue weighted by Crippen LogP contribution is -2.34. The maximum Gasteiger partial charge on any atom is 0.254 e. The molecular weight excluding hydrogens is 362 g/mol. The second kappa shape index (κ2) is 8.06. The zero-order chi connectivity index (χ0) is 20.2. The predicted octanol–water partition coefficient (Wildman–Crippen LogP) is 3.36. The molecule has 3 N–H and O–H groups in total. The Morgan fingerprint density at radius 1 is 1.03 bits per heavy atom. The van der Waals surface area contributed by atoms with E-state index in [0.29, 0.717) is 24.2 Å². The summed E-state index contributed by atoms with van der Waals surface area (Å²) < 4.78 is 0. The van der Waals surface area contributed by atoms with Crippen LogP contribution in [0.3, 0.4) is 0 Å². The summed E-state index contributed by atoms with van der Waals surface area (Å²) in [6.45, 7) is 1.21. The van der Waals surface area contributed by atoms with Gasteiger partial charge < -0.3 is 10.6 Å². The zero-order valence-corrected chi connectivity index (χ0v) is 15.9. The number of amides is 1. The molecule has 1 aliphatic rings. The van der Waals surface area contributed by atoms with E-state index in [1.54, 1.807) is 18.6 Å². The Balaban J connectivity index is 1.46. The summed E-state index contributed by atoms with van der Waals surface area (Å²) in [5.74, 6) is 0.0773. The van der Waals surface area contributed by atoms with E-state index in [4.69, 9.17) is 11.1 Å². The lowest BCUT2D eigenvalue weighted by atomic mass is 9.97. The second-order valence-corrected chi connectivity index (χ2v) is 6.89. The van der Waals surface area contributed by atoms with Crippen molar-refractivity contribution >= 4 is 17.3 Å². The smallest absolute Gasteiger partial charge is 0.254 e. The molecule has 0 atom stereocenters. The lowest BCUT2D eigenvalue weighted by molar-refractivity contribution is 0.0773. The Labute approximate surface area is 169 Å². The minimum absolute atomic E-state index is 0.0171. The fourth-order valence-corrected chi connectivity index (χ4v) is 3.42. The zero-order valence-electron chi connectivity index (χ0n) is 15.9. The van der Waals surface area contributed by atoms with Gasteiger partial charge in [-0.15, -0.1) is 0 Å². The molecule has 0 radical (unpaired) electrons. The van der Waals surface area contributed by atoms with Crippen molar-refractivity contribution in [2.45, 2.75) is 6.42 Å². The number of nitrogens with zero attached hydrogens (tertiary/aromatic N) is 3.